The van der Waals surface area contributed by atoms with Crippen LogP contribution < -0.4 is 0 Å². The molecule has 0 aromatic rings. The third kappa shape index (κ3) is 9.86. The van der Waals surface area contributed by atoms with Crippen LogP contribution in [0, 0.1) is 0 Å². The van der Waals surface area contributed by atoms with Crippen LogP contribution in [0.25, 0.3) is 0 Å². The molecule has 0 aliphatic rings. The van der Waals surface area contributed by atoms with Crippen LogP contribution in [0.2, 0.25) is 0 Å². The average Bonchev–Trinajstić information content (AvgIpc) is 2.16. The molecule has 0 rings (SSSR count). The number of rotatable bonds is 9. The smallest absolute Gasteiger partial charge is 0.111 e. The molecular formula is C9H17BrO3. The van der Waals surface area contributed by atoms with E-state index in [4.69, 9.17) is 14.2 Å². The summed E-state index contributed by atoms with van der Waals surface area (Å²) in [6.45, 7) is 7.80. The first-order chi connectivity index (χ1) is 6.31. The van der Waals surface area contributed by atoms with Gasteiger partial charge < -0.3 is 14.2 Å². The summed E-state index contributed by atoms with van der Waals surface area (Å²) < 4.78 is 15.5. The van der Waals surface area contributed by atoms with Crippen LogP contribution in [-0.2, 0) is 14.2 Å². The zero-order chi connectivity index (χ0) is 9.94. The van der Waals surface area contributed by atoms with Crippen LogP contribution in [0.15, 0.2) is 12.8 Å². The molecule has 0 heterocycles. The van der Waals surface area contributed by atoms with E-state index in [2.05, 4.69) is 22.5 Å². The molecule has 0 spiro atoms. The molecule has 1 atom stereocenters. The van der Waals surface area contributed by atoms with E-state index in [1.807, 2.05) is 6.92 Å². The van der Waals surface area contributed by atoms with E-state index in [9.17, 15) is 0 Å². The molecule has 0 bridgehead atoms. The maximum Gasteiger partial charge on any atom is 0.111 e. The predicted molar refractivity (Wildman–Crippen MR) is 56.2 cm³/mol. The SMILES string of the molecule is C=COCCOCCOC(C)CBr. The summed E-state index contributed by atoms with van der Waals surface area (Å²) in [4.78, 5) is 0. The highest BCUT2D eigenvalue weighted by Gasteiger charge is 1.97. The number of hydrogen-bond acceptors (Lipinski definition) is 3. The highest BCUT2D eigenvalue weighted by atomic mass is 79.9. The standard InChI is InChI=1S/C9H17BrO3/c1-3-11-4-5-12-6-7-13-9(2)8-10/h3,9H,1,4-8H2,2H3. The van der Waals surface area contributed by atoms with Crippen molar-refractivity contribution in [2.24, 2.45) is 0 Å². The molecule has 1 unspecified atom stereocenters. The molecule has 4 heteroatoms. The Labute approximate surface area is 88.2 Å². The molecule has 0 aliphatic heterocycles. The molecule has 0 saturated carbocycles. The fraction of sp³-hybridized carbons (Fsp3) is 0.778. The Morgan fingerprint density at radius 3 is 2.62 bits per heavy atom. The molecule has 78 valence electrons. The van der Waals surface area contributed by atoms with Gasteiger partial charge in [0.2, 0.25) is 0 Å². The van der Waals surface area contributed by atoms with Crippen molar-refractivity contribution in [3.05, 3.63) is 12.8 Å². The van der Waals surface area contributed by atoms with E-state index in [0.717, 1.165) is 5.33 Å². The number of hydrogen-bond donors (Lipinski definition) is 0. The summed E-state index contributed by atoms with van der Waals surface area (Å²) in [6.07, 6.45) is 1.65. The topological polar surface area (TPSA) is 27.7 Å². The van der Waals surface area contributed by atoms with E-state index >= 15 is 0 Å². The van der Waals surface area contributed by atoms with Crippen molar-refractivity contribution in [1.82, 2.24) is 0 Å². The van der Waals surface area contributed by atoms with Crippen LogP contribution in [0.1, 0.15) is 6.92 Å². The Kier molecular flexibility index (Phi) is 9.98. The van der Waals surface area contributed by atoms with E-state index in [1.165, 1.54) is 6.26 Å². The highest BCUT2D eigenvalue weighted by Crippen LogP contribution is 1.94. The van der Waals surface area contributed by atoms with Gasteiger partial charge in [-0.3, -0.25) is 0 Å². The van der Waals surface area contributed by atoms with Crippen LogP contribution in [0.3, 0.4) is 0 Å². The van der Waals surface area contributed by atoms with E-state index < -0.39 is 0 Å². The van der Waals surface area contributed by atoms with Gasteiger partial charge in [-0.2, -0.15) is 0 Å². The second-order valence-corrected chi connectivity index (χ2v) is 3.13. The highest BCUT2D eigenvalue weighted by molar-refractivity contribution is 9.09. The maximum absolute atomic E-state index is 5.36. The van der Waals surface area contributed by atoms with Crippen molar-refractivity contribution >= 4 is 15.9 Å². The predicted octanol–water partition coefficient (Wildman–Crippen LogP) is 1.96. The van der Waals surface area contributed by atoms with E-state index in [-0.39, 0.29) is 6.10 Å². The monoisotopic (exact) mass is 252 g/mol. The normalized spacial score (nSPS) is 12.5. The third-order valence-electron chi connectivity index (χ3n) is 1.31. The fourth-order valence-corrected chi connectivity index (χ4v) is 0.832. The molecule has 0 aromatic heterocycles. The minimum atomic E-state index is 0.244. The molecule has 0 N–H and O–H groups in total. The van der Waals surface area contributed by atoms with Gasteiger partial charge in [0.25, 0.3) is 0 Å². The Hall–Kier alpha value is -0.0600. The van der Waals surface area contributed by atoms with E-state index in [1.54, 1.807) is 0 Å². The Morgan fingerprint density at radius 1 is 1.31 bits per heavy atom. The molecule has 0 saturated heterocycles. The van der Waals surface area contributed by atoms with Crippen molar-refractivity contribution < 1.29 is 14.2 Å². The Bertz CT molecular complexity index is 119. The number of ether oxygens (including phenoxy) is 3. The average molecular weight is 253 g/mol. The van der Waals surface area contributed by atoms with Gasteiger partial charge >= 0.3 is 0 Å². The van der Waals surface area contributed by atoms with Gasteiger partial charge in [0.15, 0.2) is 0 Å². The lowest BCUT2D eigenvalue weighted by atomic mass is 10.5. The number of alkyl halides is 1. The van der Waals surface area contributed by atoms with Crippen LogP contribution in [0.5, 0.6) is 0 Å². The first kappa shape index (κ1) is 12.9. The lowest BCUT2D eigenvalue weighted by Crippen LogP contribution is -2.15. The lowest BCUT2D eigenvalue weighted by molar-refractivity contribution is 0.0106. The minimum Gasteiger partial charge on any atom is -0.499 e. The van der Waals surface area contributed by atoms with E-state index in [0.29, 0.717) is 26.4 Å². The quantitative estimate of drug-likeness (QED) is 0.357. The molecule has 3 nitrogen and oxygen atoms in total. The Balaban J connectivity index is 2.95. The second-order valence-electron chi connectivity index (χ2n) is 2.49. The second kappa shape index (κ2) is 10.0. The first-order valence-electron chi connectivity index (χ1n) is 4.29. The van der Waals surface area contributed by atoms with Crippen molar-refractivity contribution in [1.29, 1.82) is 0 Å². The summed E-state index contributed by atoms with van der Waals surface area (Å²) in [5, 5.41) is 0.854. The summed E-state index contributed by atoms with van der Waals surface area (Å²) in [5.41, 5.74) is 0. The van der Waals surface area contributed by atoms with Gasteiger partial charge in [-0.15, -0.1) is 0 Å². The molecule has 0 aliphatic carbocycles. The first-order valence-corrected chi connectivity index (χ1v) is 5.41. The summed E-state index contributed by atoms with van der Waals surface area (Å²) >= 11 is 3.32. The Morgan fingerprint density at radius 2 is 2.00 bits per heavy atom. The van der Waals surface area contributed by atoms with Crippen molar-refractivity contribution in [2.45, 2.75) is 13.0 Å². The van der Waals surface area contributed by atoms with Crippen LogP contribution >= 0.6 is 15.9 Å². The number of halogens is 1. The van der Waals surface area contributed by atoms with Crippen molar-refractivity contribution in [3.63, 3.8) is 0 Å². The molecule has 0 radical (unpaired) electrons. The molecule has 0 fully saturated rings. The van der Waals surface area contributed by atoms with Crippen LogP contribution in [-0.4, -0.2) is 37.9 Å². The van der Waals surface area contributed by atoms with Crippen molar-refractivity contribution in [2.75, 3.05) is 31.8 Å². The lowest BCUT2D eigenvalue weighted by Gasteiger charge is -2.09. The van der Waals surface area contributed by atoms with Crippen molar-refractivity contribution in [3.8, 4) is 0 Å². The molecule has 0 amide bonds. The maximum atomic E-state index is 5.36. The molecule has 0 aromatic carbocycles. The van der Waals surface area contributed by atoms with Gasteiger partial charge in [-0.25, -0.2) is 0 Å². The van der Waals surface area contributed by atoms with Gasteiger partial charge in [0.05, 0.1) is 32.2 Å². The zero-order valence-electron chi connectivity index (χ0n) is 8.00. The van der Waals surface area contributed by atoms with Gasteiger partial charge in [0, 0.05) is 5.33 Å². The largest absolute Gasteiger partial charge is 0.499 e. The van der Waals surface area contributed by atoms with Crippen LogP contribution in [0.4, 0.5) is 0 Å². The molecule has 13 heavy (non-hydrogen) atoms. The minimum absolute atomic E-state index is 0.244. The summed E-state index contributed by atoms with van der Waals surface area (Å²) in [6, 6.07) is 0. The van der Waals surface area contributed by atoms with Gasteiger partial charge in [0.1, 0.15) is 6.61 Å². The van der Waals surface area contributed by atoms with Gasteiger partial charge in [-0.05, 0) is 6.92 Å². The van der Waals surface area contributed by atoms with Gasteiger partial charge in [-0.1, -0.05) is 22.5 Å². The fourth-order valence-electron chi connectivity index (χ4n) is 0.645. The zero-order valence-corrected chi connectivity index (χ0v) is 9.59. The summed E-state index contributed by atoms with van der Waals surface area (Å²) in [7, 11) is 0. The summed E-state index contributed by atoms with van der Waals surface area (Å²) in [5.74, 6) is 0. The third-order valence-corrected chi connectivity index (χ3v) is 2.22. The molecular weight excluding hydrogens is 236 g/mol.